The number of carbonyl (C=O) groups excluding carboxylic acids is 1. The average Bonchev–Trinajstić information content (AvgIpc) is 2.35. The molecule has 0 spiro atoms. The first kappa shape index (κ1) is 14.0. The molecule has 18 heavy (non-hydrogen) atoms. The maximum absolute atomic E-state index is 13.2. The summed E-state index contributed by atoms with van der Waals surface area (Å²) in [4.78, 5) is 11.9. The third-order valence-electron chi connectivity index (χ3n) is 2.55. The maximum Gasteiger partial charge on any atom is 0.252 e. The Morgan fingerprint density at radius 3 is 2.67 bits per heavy atom. The Bertz CT molecular complexity index is 477. The highest BCUT2D eigenvalue weighted by Crippen LogP contribution is 2.18. The van der Waals surface area contributed by atoms with Crippen LogP contribution in [0.4, 0.5) is 4.39 Å². The molecule has 0 fully saturated rings. The van der Waals surface area contributed by atoms with E-state index in [2.05, 4.69) is 11.2 Å². The number of terminal acetylenes is 1. The van der Waals surface area contributed by atoms with Crippen molar-refractivity contribution in [2.45, 2.75) is 19.9 Å². The summed E-state index contributed by atoms with van der Waals surface area (Å²) in [7, 11) is 1.35. The molecule has 1 N–H and O–H groups in total. The van der Waals surface area contributed by atoms with Crippen LogP contribution in [-0.4, -0.2) is 19.1 Å². The Morgan fingerprint density at radius 2 is 2.17 bits per heavy atom. The van der Waals surface area contributed by atoms with Crippen molar-refractivity contribution in [1.82, 2.24) is 5.32 Å². The summed E-state index contributed by atoms with van der Waals surface area (Å²) in [6, 6.07) is 3.57. The van der Waals surface area contributed by atoms with Crippen molar-refractivity contribution >= 4 is 5.91 Å². The number of hydrogen-bond donors (Lipinski definition) is 1. The van der Waals surface area contributed by atoms with Gasteiger partial charge >= 0.3 is 0 Å². The van der Waals surface area contributed by atoms with Crippen molar-refractivity contribution in [2.24, 2.45) is 5.92 Å². The van der Waals surface area contributed by atoms with Crippen molar-refractivity contribution in [2.75, 3.05) is 7.11 Å². The quantitative estimate of drug-likeness (QED) is 0.831. The average molecular weight is 249 g/mol. The number of nitrogens with one attached hydrogen (secondary N) is 1. The molecule has 1 atom stereocenters. The number of rotatable bonds is 4. The molecule has 1 aromatic carbocycles. The van der Waals surface area contributed by atoms with Gasteiger partial charge in [-0.2, -0.15) is 0 Å². The summed E-state index contributed by atoms with van der Waals surface area (Å²) in [5, 5.41) is 2.70. The minimum atomic E-state index is -0.508. The van der Waals surface area contributed by atoms with Gasteiger partial charge in [-0.05, 0) is 24.1 Å². The van der Waals surface area contributed by atoms with E-state index < -0.39 is 5.82 Å². The fourth-order valence-corrected chi connectivity index (χ4v) is 1.43. The van der Waals surface area contributed by atoms with Gasteiger partial charge in [-0.1, -0.05) is 19.8 Å². The van der Waals surface area contributed by atoms with Gasteiger partial charge in [-0.15, -0.1) is 6.42 Å². The minimum Gasteiger partial charge on any atom is -0.494 e. The van der Waals surface area contributed by atoms with E-state index in [4.69, 9.17) is 11.2 Å². The Labute approximate surface area is 106 Å². The zero-order valence-corrected chi connectivity index (χ0v) is 10.7. The molecular weight excluding hydrogens is 233 g/mol. The number of amides is 1. The molecule has 1 unspecified atom stereocenters. The summed E-state index contributed by atoms with van der Waals surface area (Å²) in [6.07, 6.45) is 5.33. The first-order valence-electron chi connectivity index (χ1n) is 5.60. The highest BCUT2D eigenvalue weighted by molar-refractivity contribution is 5.95. The van der Waals surface area contributed by atoms with E-state index in [9.17, 15) is 9.18 Å². The molecule has 3 nitrogen and oxygen atoms in total. The predicted octanol–water partition coefficient (Wildman–Crippen LogP) is 2.22. The van der Waals surface area contributed by atoms with Gasteiger partial charge in [0, 0.05) is 5.56 Å². The normalized spacial score (nSPS) is 11.8. The molecule has 0 saturated heterocycles. The number of methoxy groups -OCH3 is 1. The lowest BCUT2D eigenvalue weighted by Gasteiger charge is -2.16. The Kier molecular flexibility index (Phi) is 4.73. The summed E-state index contributed by atoms with van der Waals surface area (Å²) in [5.74, 6) is 1.81. The van der Waals surface area contributed by atoms with Crippen LogP contribution in [0.5, 0.6) is 5.75 Å². The fraction of sp³-hybridized carbons (Fsp3) is 0.357. The lowest BCUT2D eigenvalue weighted by Crippen LogP contribution is -2.37. The topological polar surface area (TPSA) is 38.3 Å². The van der Waals surface area contributed by atoms with Crippen molar-refractivity contribution in [1.29, 1.82) is 0 Å². The fourth-order valence-electron chi connectivity index (χ4n) is 1.43. The van der Waals surface area contributed by atoms with Crippen LogP contribution in [0, 0.1) is 24.1 Å². The van der Waals surface area contributed by atoms with E-state index in [1.807, 2.05) is 13.8 Å². The first-order valence-corrected chi connectivity index (χ1v) is 5.60. The minimum absolute atomic E-state index is 0.0319. The molecule has 1 rings (SSSR count). The van der Waals surface area contributed by atoms with E-state index in [0.29, 0.717) is 5.56 Å². The molecule has 0 bridgehead atoms. The molecule has 0 aromatic heterocycles. The molecule has 0 aliphatic carbocycles. The van der Waals surface area contributed by atoms with Gasteiger partial charge in [0.05, 0.1) is 13.2 Å². The SMILES string of the molecule is C#CC(NC(=O)c1ccc(F)c(OC)c1)C(C)C. The van der Waals surface area contributed by atoms with Crippen molar-refractivity contribution in [3.05, 3.63) is 29.6 Å². The molecule has 0 heterocycles. The van der Waals surface area contributed by atoms with Gasteiger partial charge in [-0.3, -0.25) is 4.79 Å². The molecule has 1 aromatic rings. The van der Waals surface area contributed by atoms with Crippen LogP contribution in [0.15, 0.2) is 18.2 Å². The maximum atomic E-state index is 13.2. The second-order valence-electron chi connectivity index (χ2n) is 4.21. The van der Waals surface area contributed by atoms with Crippen LogP contribution in [0.3, 0.4) is 0 Å². The zero-order valence-electron chi connectivity index (χ0n) is 10.7. The molecule has 0 radical (unpaired) electrons. The van der Waals surface area contributed by atoms with E-state index in [1.54, 1.807) is 0 Å². The smallest absolute Gasteiger partial charge is 0.252 e. The lowest BCUT2D eigenvalue weighted by atomic mass is 10.0. The zero-order chi connectivity index (χ0) is 13.7. The van der Waals surface area contributed by atoms with Crippen LogP contribution >= 0.6 is 0 Å². The Hall–Kier alpha value is -2.02. The Morgan fingerprint density at radius 1 is 1.50 bits per heavy atom. The number of halogens is 1. The molecule has 0 aliphatic rings. The van der Waals surface area contributed by atoms with Crippen LogP contribution in [0.1, 0.15) is 24.2 Å². The van der Waals surface area contributed by atoms with Gasteiger partial charge < -0.3 is 10.1 Å². The van der Waals surface area contributed by atoms with Crippen molar-refractivity contribution < 1.29 is 13.9 Å². The molecule has 96 valence electrons. The van der Waals surface area contributed by atoms with Crippen LogP contribution < -0.4 is 10.1 Å². The van der Waals surface area contributed by atoms with Crippen LogP contribution in [0.2, 0.25) is 0 Å². The van der Waals surface area contributed by atoms with Gasteiger partial charge in [0.15, 0.2) is 11.6 Å². The second kappa shape index (κ2) is 6.06. The third kappa shape index (κ3) is 3.24. The number of benzene rings is 1. The van der Waals surface area contributed by atoms with Crippen molar-refractivity contribution in [3.63, 3.8) is 0 Å². The van der Waals surface area contributed by atoms with E-state index in [0.717, 1.165) is 0 Å². The van der Waals surface area contributed by atoms with Crippen molar-refractivity contribution in [3.8, 4) is 18.1 Å². The standard InChI is InChI=1S/C14H16FNO2/c1-5-12(9(2)3)16-14(17)10-6-7-11(15)13(8-10)18-4/h1,6-9,12H,2-4H3,(H,16,17). The monoisotopic (exact) mass is 249 g/mol. The van der Waals surface area contributed by atoms with E-state index >= 15 is 0 Å². The third-order valence-corrected chi connectivity index (χ3v) is 2.55. The molecular formula is C14H16FNO2. The van der Waals surface area contributed by atoms with Gasteiger partial charge in [0.1, 0.15) is 0 Å². The summed E-state index contributed by atoms with van der Waals surface area (Å²) in [6.45, 7) is 3.83. The highest BCUT2D eigenvalue weighted by atomic mass is 19.1. The van der Waals surface area contributed by atoms with Gasteiger partial charge in [0.25, 0.3) is 5.91 Å². The number of hydrogen-bond acceptors (Lipinski definition) is 2. The molecule has 4 heteroatoms. The van der Waals surface area contributed by atoms with Crippen LogP contribution in [-0.2, 0) is 0 Å². The second-order valence-corrected chi connectivity index (χ2v) is 4.21. The van der Waals surface area contributed by atoms with Gasteiger partial charge in [-0.25, -0.2) is 4.39 Å². The first-order chi connectivity index (χ1) is 8.49. The molecule has 0 saturated carbocycles. The van der Waals surface area contributed by atoms with Crippen LogP contribution in [0.25, 0.3) is 0 Å². The molecule has 0 aliphatic heterocycles. The summed E-state index contributed by atoms with van der Waals surface area (Å²) in [5.41, 5.74) is 0.314. The van der Waals surface area contributed by atoms with E-state index in [-0.39, 0.29) is 23.6 Å². The summed E-state index contributed by atoms with van der Waals surface area (Å²) < 4.78 is 18.0. The van der Waals surface area contributed by atoms with E-state index in [1.165, 1.54) is 25.3 Å². The highest BCUT2D eigenvalue weighted by Gasteiger charge is 2.16. The lowest BCUT2D eigenvalue weighted by molar-refractivity contribution is 0.0937. The number of ether oxygens (including phenoxy) is 1. The number of carbonyl (C=O) groups is 1. The van der Waals surface area contributed by atoms with Gasteiger partial charge in [0.2, 0.25) is 0 Å². The largest absolute Gasteiger partial charge is 0.494 e. The summed E-state index contributed by atoms with van der Waals surface area (Å²) >= 11 is 0. The predicted molar refractivity (Wildman–Crippen MR) is 67.9 cm³/mol. The Balaban J connectivity index is 2.88. The molecule has 1 amide bonds.